The van der Waals surface area contributed by atoms with Crippen molar-refractivity contribution in [3.8, 4) is 16.9 Å². The monoisotopic (exact) mass is 453 g/mol. The second-order valence-electron chi connectivity index (χ2n) is 9.16. The third kappa shape index (κ3) is 5.02. The number of benzene rings is 1. The van der Waals surface area contributed by atoms with Crippen LogP contribution in [0.1, 0.15) is 106 Å². The summed E-state index contributed by atoms with van der Waals surface area (Å²) in [7, 11) is 0. The maximum absolute atomic E-state index is 13.7. The molecule has 0 spiro atoms. The van der Waals surface area contributed by atoms with Crippen LogP contribution in [0.25, 0.3) is 11.1 Å². The number of carbonyl (C=O) groups excluding carboxylic acids is 1. The quantitative estimate of drug-likeness (QED) is 0.230. The van der Waals surface area contributed by atoms with Gasteiger partial charge in [-0.3, -0.25) is 19.9 Å². The summed E-state index contributed by atoms with van der Waals surface area (Å²) in [4.78, 5) is 31.1. The molecule has 2 heterocycles. The van der Waals surface area contributed by atoms with Crippen molar-refractivity contribution in [3.05, 3.63) is 51.3 Å². The number of nitrogens with zero attached hydrogens (tertiary/aromatic N) is 3. The molecule has 3 rings (SSSR count). The van der Waals surface area contributed by atoms with E-state index in [0.29, 0.717) is 28.9 Å². The molecular weight excluding hydrogens is 418 g/mol. The molecule has 1 aliphatic heterocycles. The van der Waals surface area contributed by atoms with Gasteiger partial charge in [-0.1, -0.05) is 59.8 Å². The number of nitro groups is 1. The van der Waals surface area contributed by atoms with Crippen LogP contribution in [0.4, 0.5) is 5.69 Å². The molecule has 7 heteroatoms. The number of hydrogen-bond donors (Lipinski definition) is 1. The fourth-order valence-corrected chi connectivity index (χ4v) is 4.58. The van der Waals surface area contributed by atoms with Gasteiger partial charge in [-0.2, -0.15) is 0 Å². The molecule has 0 bridgehead atoms. The van der Waals surface area contributed by atoms with Gasteiger partial charge in [0.15, 0.2) is 0 Å². The molecule has 1 aliphatic rings. The number of nitro benzene ring substituents is 1. The third-order valence-corrected chi connectivity index (χ3v) is 6.39. The average Bonchev–Trinajstić information content (AvgIpc) is 3.05. The van der Waals surface area contributed by atoms with Crippen LogP contribution >= 0.6 is 0 Å². The highest BCUT2D eigenvalue weighted by molar-refractivity contribution is 6.06. The van der Waals surface area contributed by atoms with E-state index in [2.05, 4.69) is 13.8 Å². The average molecular weight is 454 g/mol. The number of unbranched alkanes of at least 4 members (excludes halogenated alkanes) is 4. The fraction of sp³-hybridized carbons (Fsp3) is 0.538. The zero-order chi connectivity index (χ0) is 24.1. The number of fused-ring (bicyclic) bond motifs is 1. The lowest BCUT2D eigenvalue weighted by molar-refractivity contribution is -0.384. The summed E-state index contributed by atoms with van der Waals surface area (Å²) in [5, 5.41) is 22.3. The van der Waals surface area contributed by atoms with E-state index in [-0.39, 0.29) is 29.3 Å². The first-order valence-electron chi connectivity index (χ1n) is 12.1. The maximum Gasteiger partial charge on any atom is 0.269 e. The summed E-state index contributed by atoms with van der Waals surface area (Å²) in [5.74, 6) is -0.147. The van der Waals surface area contributed by atoms with Crippen molar-refractivity contribution in [3.63, 3.8) is 0 Å². The number of amides is 1. The molecule has 0 aliphatic carbocycles. The Morgan fingerprint density at radius 2 is 1.73 bits per heavy atom. The van der Waals surface area contributed by atoms with Crippen LogP contribution in [0.5, 0.6) is 5.75 Å². The largest absolute Gasteiger partial charge is 0.505 e. The highest BCUT2D eigenvalue weighted by Crippen LogP contribution is 2.47. The standard InChI is InChI=1S/C26H35N3O4/c1-5-7-9-10-11-20-24-22(26(31)28(20)16-8-6-2)21(25(30)23(27-24)17(3)4)18-12-14-19(15-13-18)29(32)33/h12-15,17,20,30H,5-11,16H2,1-4H3. The minimum atomic E-state index is -0.454. The van der Waals surface area contributed by atoms with Crippen molar-refractivity contribution < 1.29 is 14.8 Å². The van der Waals surface area contributed by atoms with E-state index in [1.54, 1.807) is 12.1 Å². The summed E-state index contributed by atoms with van der Waals surface area (Å²) in [6.07, 6.45) is 7.17. The molecule has 0 saturated carbocycles. The van der Waals surface area contributed by atoms with Crippen LogP contribution < -0.4 is 0 Å². The Labute approximate surface area is 196 Å². The molecule has 1 atom stereocenters. The lowest BCUT2D eigenvalue weighted by atomic mass is 9.92. The number of aromatic nitrogens is 1. The topological polar surface area (TPSA) is 96.6 Å². The van der Waals surface area contributed by atoms with Crippen molar-refractivity contribution in [1.29, 1.82) is 0 Å². The highest BCUT2D eigenvalue weighted by atomic mass is 16.6. The summed E-state index contributed by atoms with van der Waals surface area (Å²) < 4.78 is 0. The zero-order valence-corrected chi connectivity index (χ0v) is 20.1. The minimum Gasteiger partial charge on any atom is -0.505 e. The minimum absolute atomic E-state index is 0.00646. The van der Waals surface area contributed by atoms with E-state index in [1.165, 1.54) is 12.1 Å². The van der Waals surface area contributed by atoms with Crippen molar-refractivity contribution in [1.82, 2.24) is 9.88 Å². The van der Waals surface area contributed by atoms with Crippen LogP contribution in [0.15, 0.2) is 24.3 Å². The molecule has 33 heavy (non-hydrogen) atoms. The fourth-order valence-electron chi connectivity index (χ4n) is 4.58. The second kappa shape index (κ2) is 10.8. The van der Waals surface area contributed by atoms with Crippen LogP contribution in [0, 0.1) is 10.1 Å². The summed E-state index contributed by atoms with van der Waals surface area (Å²) in [5.41, 5.74) is 2.75. The van der Waals surface area contributed by atoms with Crippen molar-refractivity contribution in [2.75, 3.05) is 6.54 Å². The molecule has 0 saturated heterocycles. The zero-order valence-electron chi connectivity index (χ0n) is 20.1. The molecule has 1 N–H and O–H groups in total. The van der Waals surface area contributed by atoms with Gasteiger partial charge in [0.1, 0.15) is 5.75 Å². The first-order valence-corrected chi connectivity index (χ1v) is 12.1. The highest BCUT2D eigenvalue weighted by Gasteiger charge is 2.41. The Hall–Kier alpha value is -2.96. The van der Waals surface area contributed by atoms with Crippen molar-refractivity contribution >= 4 is 11.6 Å². The van der Waals surface area contributed by atoms with E-state index in [0.717, 1.165) is 50.6 Å². The third-order valence-electron chi connectivity index (χ3n) is 6.39. The predicted molar refractivity (Wildman–Crippen MR) is 130 cm³/mol. The Bertz CT molecular complexity index is 1000. The Morgan fingerprint density at radius 3 is 2.30 bits per heavy atom. The number of pyridine rings is 1. The Kier molecular flexibility index (Phi) is 8.06. The SMILES string of the molecule is CCCCCCC1c2nc(C(C)C)c(O)c(-c3ccc([N+](=O)[O-])cc3)c2C(=O)N1CCCC. The van der Waals surface area contributed by atoms with Gasteiger partial charge in [0.2, 0.25) is 0 Å². The molecule has 7 nitrogen and oxygen atoms in total. The number of aromatic hydroxyl groups is 1. The molecule has 1 aromatic heterocycles. The molecular formula is C26H35N3O4. The van der Waals surface area contributed by atoms with E-state index >= 15 is 0 Å². The van der Waals surface area contributed by atoms with E-state index < -0.39 is 4.92 Å². The number of non-ortho nitro benzene ring substituents is 1. The van der Waals surface area contributed by atoms with E-state index in [4.69, 9.17) is 4.98 Å². The van der Waals surface area contributed by atoms with Crippen molar-refractivity contribution in [2.45, 2.75) is 84.6 Å². The van der Waals surface area contributed by atoms with E-state index in [9.17, 15) is 20.0 Å². The summed E-state index contributed by atoms with van der Waals surface area (Å²) in [6.45, 7) is 8.87. The number of rotatable bonds is 11. The Morgan fingerprint density at radius 1 is 1.06 bits per heavy atom. The summed E-state index contributed by atoms with van der Waals surface area (Å²) in [6, 6.07) is 5.93. The first-order chi connectivity index (χ1) is 15.8. The van der Waals surface area contributed by atoms with Crippen molar-refractivity contribution in [2.24, 2.45) is 0 Å². The van der Waals surface area contributed by atoms with Crippen LogP contribution in [-0.2, 0) is 0 Å². The van der Waals surface area contributed by atoms with Gasteiger partial charge in [-0.25, -0.2) is 0 Å². The molecule has 1 amide bonds. The number of carbonyl (C=O) groups is 1. The maximum atomic E-state index is 13.7. The Balaban J connectivity index is 2.16. The normalized spacial score (nSPS) is 15.4. The predicted octanol–water partition coefficient (Wildman–Crippen LogP) is 6.75. The van der Waals surface area contributed by atoms with Crippen LogP contribution in [-0.4, -0.2) is 32.4 Å². The molecule has 1 aromatic carbocycles. The van der Waals surface area contributed by atoms with Gasteiger partial charge in [-0.05, 0) is 36.5 Å². The van der Waals surface area contributed by atoms with Gasteiger partial charge < -0.3 is 10.0 Å². The lowest BCUT2D eigenvalue weighted by Gasteiger charge is -2.25. The molecule has 178 valence electrons. The molecule has 2 aromatic rings. The van der Waals surface area contributed by atoms with E-state index in [1.807, 2.05) is 18.7 Å². The number of hydrogen-bond acceptors (Lipinski definition) is 5. The van der Waals surface area contributed by atoms with Crippen LogP contribution in [0.3, 0.4) is 0 Å². The molecule has 0 radical (unpaired) electrons. The second-order valence-corrected chi connectivity index (χ2v) is 9.16. The molecule has 1 unspecified atom stereocenters. The molecule has 0 fully saturated rings. The smallest absolute Gasteiger partial charge is 0.269 e. The first kappa shape index (κ1) is 24.7. The van der Waals surface area contributed by atoms with Gasteiger partial charge in [0, 0.05) is 24.2 Å². The summed E-state index contributed by atoms with van der Waals surface area (Å²) >= 11 is 0. The van der Waals surface area contributed by atoms with Gasteiger partial charge >= 0.3 is 0 Å². The lowest BCUT2D eigenvalue weighted by Crippen LogP contribution is -2.29. The van der Waals surface area contributed by atoms with Gasteiger partial charge in [0.05, 0.1) is 27.9 Å². The van der Waals surface area contributed by atoms with Gasteiger partial charge in [0.25, 0.3) is 11.6 Å². The van der Waals surface area contributed by atoms with Gasteiger partial charge in [-0.15, -0.1) is 0 Å². The van der Waals surface area contributed by atoms with Crippen LogP contribution in [0.2, 0.25) is 0 Å².